The van der Waals surface area contributed by atoms with Crippen molar-refractivity contribution in [2.24, 2.45) is 0 Å². The first-order valence-corrected chi connectivity index (χ1v) is 9.18. The number of nitrogens with one attached hydrogen (secondary N) is 1. The Morgan fingerprint density at radius 3 is 2.56 bits per heavy atom. The van der Waals surface area contributed by atoms with Crippen LogP contribution >= 0.6 is 11.6 Å². The highest BCUT2D eigenvalue weighted by Gasteiger charge is 2.27. The molecule has 4 rings (SSSR count). The van der Waals surface area contributed by atoms with Crippen LogP contribution in [0.3, 0.4) is 0 Å². The second-order valence-electron chi connectivity index (χ2n) is 6.51. The van der Waals surface area contributed by atoms with Gasteiger partial charge in [0.1, 0.15) is 11.9 Å². The number of fused-ring (bicyclic) bond motifs is 1. The van der Waals surface area contributed by atoms with Crippen LogP contribution in [0.1, 0.15) is 23.3 Å². The van der Waals surface area contributed by atoms with Gasteiger partial charge in [0.25, 0.3) is 5.91 Å². The molecule has 27 heavy (non-hydrogen) atoms. The highest BCUT2D eigenvalue weighted by Crippen LogP contribution is 2.21. The molecule has 7 heteroatoms. The third-order valence-electron chi connectivity index (χ3n) is 4.72. The third kappa shape index (κ3) is 3.66. The molecule has 1 amide bonds. The Hall–Kier alpha value is -2.86. The van der Waals surface area contributed by atoms with E-state index in [9.17, 15) is 9.59 Å². The van der Waals surface area contributed by atoms with Gasteiger partial charge in [-0.3, -0.25) is 14.7 Å². The van der Waals surface area contributed by atoms with Crippen molar-refractivity contribution in [3.05, 3.63) is 69.5 Å². The Kier molecular flexibility index (Phi) is 4.81. The number of para-hydroxylation sites is 1. The average Bonchev–Trinajstić information content (AvgIpc) is 2.70. The molecule has 0 unspecified atom stereocenters. The third-order valence-corrected chi connectivity index (χ3v) is 4.98. The lowest BCUT2D eigenvalue weighted by Gasteiger charge is -2.31. The summed E-state index contributed by atoms with van der Waals surface area (Å²) in [5.74, 6) is 0.420. The molecule has 1 aromatic heterocycles. The van der Waals surface area contributed by atoms with E-state index in [1.165, 1.54) is 0 Å². The van der Waals surface area contributed by atoms with Crippen LogP contribution in [0.4, 0.5) is 0 Å². The van der Waals surface area contributed by atoms with Crippen LogP contribution in [0, 0.1) is 0 Å². The van der Waals surface area contributed by atoms with Crippen molar-refractivity contribution >= 4 is 28.4 Å². The van der Waals surface area contributed by atoms with Gasteiger partial charge in [0, 0.05) is 36.3 Å². The molecule has 2 heterocycles. The van der Waals surface area contributed by atoms with Gasteiger partial charge in [0.05, 0.1) is 5.52 Å². The maximum Gasteiger partial charge on any atom is 0.278 e. The number of aromatic amines is 1. The van der Waals surface area contributed by atoms with Crippen molar-refractivity contribution in [2.75, 3.05) is 13.1 Å². The Morgan fingerprint density at radius 2 is 1.81 bits per heavy atom. The molecule has 0 spiro atoms. The first-order valence-electron chi connectivity index (χ1n) is 8.81. The summed E-state index contributed by atoms with van der Waals surface area (Å²) in [6.07, 6.45) is 1.41. The number of halogens is 1. The molecule has 2 aromatic carbocycles. The number of amides is 1. The number of aromatic nitrogens is 2. The molecule has 0 saturated carbocycles. The summed E-state index contributed by atoms with van der Waals surface area (Å²) in [5, 5.41) is 7.93. The minimum Gasteiger partial charge on any atom is -0.490 e. The van der Waals surface area contributed by atoms with Gasteiger partial charge in [0.15, 0.2) is 5.69 Å². The quantitative estimate of drug-likeness (QED) is 0.753. The molecule has 0 radical (unpaired) electrons. The fourth-order valence-electron chi connectivity index (χ4n) is 3.25. The van der Waals surface area contributed by atoms with Crippen molar-refractivity contribution in [1.29, 1.82) is 0 Å². The second kappa shape index (κ2) is 7.40. The SMILES string of the molecule is O=C(c1n[nH]c2ccccc2c1=O)N1CCC(Oc2ccc(Cl)cc2)CC1. The van der Waals surface area contributed by atoms with E-state index in [1.54, 1.807) is 35.2 Å². The largest absolute Gasteiger partial charge is 0.490 e. The summed E-state index contributed by atoms with van der Waals surface area (Å²) >= 11 is 5.88. The summed E-state index contributed by atoms with van der Waals surface area (Å²) in [6.45, 7) is 1.04. The van der Waals surface area contributed by atoms with Crippen molar-refractivity contribution < 1.29 is 9.53 Å². The summed E-state index contributed by atoms with van der Waals surface area (Å²) in [5.41, 5.74) is 0.216. The van der Waals surface area contributed by atoms with E-state index >= 15 is 0 Å². The Morgan fingerprint density at radius 1 is 1.11 bits per heavy atom. The number of likely N-dealkylation sites (tertiary alicyclic amines) is 1. The first-order chi connectivity index (χ1) is 13.1. The predicted octanol–water partition coefficient (Wildman–Crippen LogP) is 3.26. The standard InChI is InChI=1S/C20H18ClN3O3/c21-13-5-7-14(8-6-13)27-15-9-11-24(12-10-15)20(26)18-19(25)16-3-1-2-4-17(16)22-23-18/h1-8,15H,9-12H2,(H,22,25). The van der Waals surface area contributed by atoms with Crippen molar-refractivity contribution in [1.82, 2.24) is 15.1 Å². The number of ether oxygens (including phenoxy) is 1. The maximum absolute atomic E-state index is 12.8. The summed E-state index contributed by atoms with van der Waals surface area (Å²) in [7, 11) is 0. The topological polar surface area (TPSA) is 75.3 Å². The first kappa shape index (κ1) is 17.5. The van der Waals surface area contributed by atoms with Gasteiger partial charge < -0.3 is 9.64 Å². The van der Waals surface area contributed by atoms with Crippen molar-refractivity contribution in [3.63, 3.8) is 0 Å². The van der Waals surface area contributed by atoms with E-state index < -0.39 is 0 Å². The van der Waals surface area contributed by atoms with Gasteiger partial charge in [-0.05, 0) is 36.4 Å². The van der Waals surface area contributed by atoms with Crippen LogP contribution in [0.2, 0.25) is 5.02 Å². The van der Waals surface area contributed by atoms with E-state index in [-0.39, 0.29) is 23.1 Å². The van der Waals surface area contributed by atoms with Gasteiger partial charge in [0.2, 0.25) is 5.43 Å². The van der Waals surface area contributed by atoms with Crippen LogP contribution in [0.5, 0.6) is 5.75 Å². The lowest BCUT2D eigenvalue weighted by Crippen LogP contribution is -2.43. The zero-order valence-corrected chi connectivity index (χ0v) is 15.3. The molecule has 3 aromatic rings. The van der Waals surface area contributed by atoms with Gasteiger partial charge in [-0.25, -0.2) is 0 Å². The molecule has 0 aliphatic carbocycles. The van der Waals surface area contributed by atoms with E-state index in [0.717, 1.165) is 5.75 Å². The van der Waals surface area contributed by atoms with Gasteiger partial charge in [-0.2, -0.15) is 5.10 Å². The zero-order chi connectivity index (χ0) is 18.8. The van der Waals surface area contributed by atoms with Crippen molar-refractivity contribution in [3.8, 4) is 5.75 Å². The number of carbonyl (C=O) groups is 1. The smallest absolute Gasteiger partial charge is 0.278 e. The highest BCUT2D eigenvalue weighted by molar-refractivity contribution is 6.30. The Bertz CT molecular complexity index is 1020. The zero-order valence-electron chi connectivity index (χ0n) is 14.5. The van der Waals surface area contributed by atoms with Crippen molar-refractivity contribution in [2.45, 2.75) is 18.9 Å². The molecule has 0 atom stereocenters. The monoisotopic (exact) mass is 383 g/mol. The molecule has 1 aliphatic rings. The average molecular weight is 384 g/mol. The van der Waals surface area contributed by atoms with E-state index in [4.69, 9.17) is 16.3 Å². The lowest BCUT2D eigenvalue weighted by atomic mass is 10.1. The number of nitrogens with zero attached hydrogens (tertiary/aromatic N) is 2. The molecule has 1 N–H and O–H groups in total. The van der Waals surface area contributed by atoms with E-state index in [0.29, 0.717) is 41.9 Å². The molecule has 1 saturated heterocycles. The molecular formula is C20H18ClN3O3. The fraction of sp³-hybridized carbons (Fsp3) is 0.250. The number of carbonyl (C=O) groups excluding carboxylic acids is 1. The maximum atomic E-state index is 12.8. The minimum absolute atomic E-state index is 0.0260. The normalized spacial score (nSPS) is 15.1. The van der Waals surface area contributed by atoms with Crippen LogP contribution in [0.15, 0.2) is 53.3 Å². The number of benzene rings is 2. The van der Waals surface area contributed by atoms with Crippen LogP contribution < -0.4 is 10.2 Å². The predicted molar refractivity (Wildman–Crippen MR) is 103 cm³/mol. The second-order valence-corrected chi connectivity index (χ2v) is 6.95. The number of H-pyrrole nitrogens is 1. The fourth-order valence-corrected chi connectivity index (χ4v) is 3.38. The Labute approximate surface area is 160 Å². The summed E-state index contributed by atoms with van der Waals surface area (Å²) in [6, 6.07) is 14.3. The molecule has 6 nitrogen and oxygen atoms in total. The molecule has 1 fully saturated rings. The van der Waals surface area contributed by atoms with Gasteiger partial charge in [-0.15, -0.1) is 0 Å². The molecule has 1 aliphatic heterocycles. The summed E-state index contributed by atoms with van der Waals surface area (Å²) < 4.78 is 5.95. The van der Waals surface area contributed by atoms with E-state index in [2.05, 4.69) is 10.2 Å². The van der Waals surface area contributed by atoms with Crippen LogP contribution in [-0.2, 0) is 0 Å². The van der Waals surface area contributed by atoms with Gasteiger partial charge in [-0.1, -0.05) is 23.7 Å². The number of piperidine rings is 1. The van der Waals surface area contributed by atoms with E-state index in [1.807, 2.05) is 18.2 Å². The lowest BCUT2D eigenvalue weighted by molar-refractivity contribution is 0.0588. The molecular weight excluding hydrogens is 366 g/mol. The number of hydrogen-bond acceptors (Lipinski definition) is 4. The highest BCUT2D eigenvalue weighted by atomic mass is 35.5. The Balaban J connectivity index is 1.43. The molecule has 138 valence electrons. The minimum atomic E-state index is -0.341. The van der Waals surface area contributed by atoms with Gasteiger partial charge >= 0.3 is 0 Å². The number of rotatable bonds is 3. The van der Waals surface area contributed by atoms with Crippen LogP contribution in [-0.4, -0.2) is 40.2 Å². The van der Waals surface area contributed by atoms with Crippen LogP contribution in [0.25, 0.3) is 10.9 Å². The number of hydrogen-bond donors (Lipinski definition) is 1. The summed E-state index contributed by atoms with van der Waals surface area (Å²) in [4.78, 5) is 27.0. The molecule has 0 bridgehead atoms.